The van der Waals surface area contributed by atoms with Crippen LogP contribution in [0.5, 0.6) is 0 Å². The highest BCUT2D eigenvalue weighted by Gasteiger charge is 2.14. The first kappa shape index (κ1) is 13.5. The van der Waals surface area contributed by atoms with Gasteiger partial charge in [0.15, 0.2) is 0 Å². The van der Waals surface area contributed by atoms with Crippen LogP contribution < -0.4 is 0 Å². The molecule has 0 spiro atoms. The first-order valence-corrected chi connectivity index (χ1v) is 7.13. The summed E-state index contributed by atoms with van der Waals surface area (Å²) in [5.41, 5.74) is 4.63. The van der Waals surface area contributed by atoms with E-state index in [1.54, 1.807) is 23.8 Å². The SMILES string of the molecule is [CH2]c1c(-c2ccncc2)cccc1-c1csc([N+](=O)[O-])c1. The predicted octanol–water partition coefficient (Wildman–Crippen LogP) is 4.57. The van der Waals surface area contributed by atoms with E-state index in [2.05, 4.69) is 11.9 Å². The molecule has 0 aliphatic heterocycles. The first-order valence-electron chi connectivity index (χ1n) is 6.25. The summed E-state index contributed by atoms with van der Waals surface area (Å²) in [6.45, 7) is 4.14. The molecule has 21 heavy (non-hydrogen) atoms. The van der Waals surface area contributed by atoms with Crippen molar-refractivity contribution in [2.24, 2.45) is 0 Å². The fourth-order valence-corrected chi connectivity index (χ4v) is 2.94. The van der Waals surface area contributed by atoms with E-state index in [9.17, 15) is 10.1 Å². The molecule has 3 rings (SSSR count). The van der Waals surface area contributed by atoms with E-state index in [0.717, 1.165) is 39.2 Å². The molecule has 5 heteroatoms. The minimum absolute atomic E-state index is 0.138. The number of pyridine rings is 1. The van der Waals surface area contributed by atoms with Crippen molar-refractivity contribution in [3.63, 3.8) is 0 Å². The third-order valence-corrected chi connectivity index (χ3v) is 4.12. The van der Waals surface area contributed by atoms with Crippen LogP contribution >= 0.6 is 11.3 Å². The molecule has 0 bridgehead atoms. The summed E-state index contributed by atoms with van der Waals surface area (Å²) in [4.78, 5) is 14.5. The van der Waals surface area contributed by atoms with Gasteiger partial charge in [-0.05, 0) is 46.9 Å². The number of hydrogen-bond donors (Lipinski definition) is 0. The molecule has 0 amide bonds. The van der Waals surface area contributed by atoms with Gasteiger partial charge >= 0.3 is 5.00 Å². The lowest BCUT2D eigenvalue weighted by Crippen LogP contribution is -1.88. The lowest BCUT2D eigenvalue weighted by atomic mass is 9.94. The van der Waals surface area contributed by atoms with Crippen molar-refractivity contribution in [2.75, 3.05) is 0 Å². The number of nitro groups is 1. The maximum absolute atomic E-state index is 10.8. The lowest BCUT2D eigenvalue weighted by molar-refractivity contribution is -0.380. The molecule has 2 aromatic heterocycles. The van der Waals surface area contributed by atoms with Crippen molar-refractivity contribution >= 4 is 16.3 Å². The monoisotopic (exact) mass is 295 g/mol. The molecule has 4 nitrogen and oxygen atoms in total. The smallest absolute Gasteiger partial charge is 0.265 e. The van der Waals surface area contributed by atoms with Gasteiger partial charge in [-0.2, -0.15) is 0 Å². The summed E-state index contributed by atoms with van der Waals surface area (Å²) >= 11 is 1.13. The molecule has 0 aliphatic carbocycles. The highest BCUT2D eigenvalue weighted by molar-refractivity contribution is 7.13. The zero-order valence-corrected chi connectivity index (χ0v) is 11.8. The van der Waals surface area contributed by atoms with Crippen LogP contribution in [0, 0.1) is 17.0 Å². The van der Waals surface area contributed by atoms with E-state index < -0.39 is 0 Å². The average molecular weight is 295 g/mol. The molecule has 0 saturated carbocycles. The van der Waals surface area contributed by atoms with Crippen LogP contribution in [0.1, 0.15) is 5.56 Å². The van der Waals surface area contributed by atoms with Gasteiger partial charge in [-0.25, -0.2) is 0 Å². The summed E-state index contributed by atoms with van der Waals surface area (Å²) in [6.07, 6.45) is 3.47. The molecule has 0 aliphatic rings. The van der Waals surface area contributed by atoms with Gasteiger partial charge in [0.1, 0.15) is 0 Å². The van der Waals surface area contributed by atoms with Gasteiger partial charge in [0.2, 0.25) is 0 Å². The van der Waals surface area contributed by atoms with Crippen molar-refractivity contribution < 1.29 is 4.92 Å². The van der Waals surface area contributed by atoms with Gasteiger partial charge in [0.05, 0.1) is 4.92 Å². The molecule has 0 unspecified atom stereocenters. The fraction of sp³-hybridized carbons (Fsp3) is 0. The molecule has 0 fully saturated rings. The molecule has 3 aromatic rings. The number of thiophene rings is 1. The Morgan fingerprint density at radius 3 is 2.38 bits per heavy atom. The Kier molecular flexibility index (Phi) is 3.50. The van der Waals surface area contributed by atoms with Gasteiger partial charge < -0.3 is 0 Å². The zero-order chi connectivity index (χ0) is 14.8. The van der Waals surface area contributed by atoms with Crippen LogP contribution in [-0.2, 0) is 0 Å². The van der Waals surface area contributed by atoms with Gasteiger partial charge in [-0.15, -0.1) is 0 Å². The highest BCUT2D eigenvalue weighted by atomic mass is 32.1. The van der Waals surface area contributed by atoms with Crippen molar-refractivity contribution in [3.8, 4) is 22.3 Å². The van der Waals surface area contributed by atoms with Crippen LogP contribution in [0.25, 0.3) is 22.3 Å². The quantitative estimate of drug-likeness (QED) is 0.525. The van der Waals surface area contributed by atoms with Crippen molar-refractivity contribution in [1.29, 1.82) is 0 Å². The van der Waals surface area contributed by atoms with E-state index in [4.69, 9.17) is 0 Å². The zero-order valence-electron chi connectivity index (χ0n) is 11.0. The Balaban J connectivity index is 2.10. The van der Waals surface area contributed by atoms with Gasteiger partial charge in [-0.3, -0.25) is 15.1 Å². The average Bonchev–Trinajstić information content (AvgIpc) is 2.98. The standard InChI is InChI=1S/C16H11N2O2S/c1-11-14(12-5-7-17-8-6-12)3-2-4-15(11)13-9-16(18(19)20)21-10-13/h2-10H,1H2. The van der Waals surface area contributed by atoms with E-state index in [-0.39, 0.29) is 9.92 Å². The van der Waals surface area contributed by atoms with Crippen molar-refractivity contribution in [3.05, 3.63) is 76.8 Å². The van der Waals surface area contributed by atoms with Crippen LogP contribution in [0.4, 0.5) is 5.00 Å². The lowest BCUT2D eigenvalue weighted by Gasteiger charge is -2.10. The summed E-state index contributed by atoms with van der Waals surface area (Å²) in [6, 6.07) is 11.3. The Morgan fingerprint density at radius 2 is 1.76 bits per heavy atom. The Hall–Kier alpha value is -2.53. The summed E-state index contributed by atoms with van der Waals surface area (Å²) in [7, 11) is 0. The van der Waals surface area contributed by atoms with Gasteiger partial charge in [0.25, 0.3) is 0 Å². The molecule has 1 radical (unpaired) electrons. The molecule has 0 N–H and O–H groups in total. The largest absolute Gasteiger partial charge is 0.324 e. The Labute approximate surface area is 125 Å². The fourth-order valence-electron chi connectivity index (χ4n) is 2.22. The number of aromatic nitrogens is 1. The maximum atomic E-state index is 10.8. The third-order valence-electron chi connectivity index (χ3n) is 3.24. The molecule has 1 aromatic carbocycles. The summed E-state index contributed by atoms with van der Waals surface area (Å²) in [5.74, 6) is 0. The van der Waals surface area contributed by atoms with Gasteiger partial charge in [-0.1, -0.05) is 29.5 Å². The molecular weight excluding hydrogens is 284 g/mol. The van der Waals surface area contributed by atoms with Crippen molar-refractivity contribution in [2.45, 2.75) is 0 Å². The van der Waals surface area contributed by atoms with E-state index in [1.807, 2.05) is 30.3 Å². The third kappa shape index (κ3) is 2.55. The normalized spacial score (nSPS) is 10.5. The summed E-state index contributed by atoms with van der Waals surface area (Å²) in [5, 5.41) is 12.7. The second-order valence-electron chi connectivity index (χ2n) is 4.50. The predicted molar refractivity (Wildman–Crippen MR) is 84.1 cm³/mol. The molecule has 103 valence electrons. The minimum Gasteiger partial charge on any atom is -0.265 e. The Bertz CT molecular complexity index is 797. The maximum Gasteiger partial charge on any atom is 0.324 e. The number of hydrogen-bond acceptors (Lipinski definition) is 4. The van der Waals surface area contributed by atoms with E-state index in [0.29, 0.717) is 0 Å². The Morgan fingerprint density at radius 1 is 1.10 bits per heavy atom. The second-order valence-corrected chi connectivity index (χ2v) is 5.39. The van der Waals surface area contributed by atoms with E-state index in [1.165, 1.54) is 0 Å². The molecule has 0 saturated heterocycles. The van der Waals surface area contributed by atoms with E-state index >= 15 is 0 Å². The second kappa shape index (κ2) is 5.46. The number of nitrogens with zero attached hydrogens (tertiary/aromatic N) is 2. The first-order chi connectivity index (χ1) is 10.2. The number of benzene rings is 1. The van der Waals surface area contributed by atoms with Crippen LogP contribution in [0.15, 0.2) is 54.2 Å². The highest BCUT2D eigenvalue weighted by Crippen LogP contribution is 2.35. The topological polar surface area (TPSA) is 56.0 Å². The van der Waals surface area contributed by atoms with Crippen LogP contribution in [-0.4, -0.2) is 9.91 Å². The van der Waals surface area contributed by atoms with Crippen LogP contribution in [0.2, 0.25) is 0 Å². The van der Waals surface area contributed by atoms with Crippen LogP contribution in [0.3, 0.4) is 0 Å². The molecule has 0 atom stereocenters. The summed E-state index contributed by atoms with van der Waals surface area (Å²) < 4.78 is 0. The minimum atomic E-state index is -0.371. The van der Waals surface area contributed by atoms with Gasteiger partial charge in [0, 0.05) is 23.8 Å². The molecular formula is C16H11N2O2S. The number of rotatable bonds is 3. The molecule has 2 heterocycles. The van der Waals surface area contributed by atoms with Crippen molar-refractivity contribution in [1.82, 2.24) is 4.98 Å².